The molecule has 0 spiro atoms. The molecular weight excluding hydrogens is 212 g/mol. The molecule has 0 saturated heterocycles. The summed E-state index contributed by atoms with van der Waals surface area (Å²) in [7, 11) is 0. The summed E-state index contributed by atoms with van der Waals surface area (Å²) in [5, 5.41) is 3.23. The van der Waals surface area contributed by atoms with E-state index in [4.69, 9.17) is 4.74 Å². The van der Waals surface area contributed by atoms with Gasteiger partial charge in [-0.1, -0.05) is 24.3 Å². The third-order valence-electron chi connectivity index (χ3n) is 2.41. The lowest BCUT2D eigenvalue weighted by Crippen LogP contribution is -2.23. The van der Waals surface area contributed by atoms with E-state index in [1.54, 1.807) is 6.20 Å². The van der Waals surface area contributed by atoms with E-state index in [1.807, 2.05) is 56.3 Å². The molecule has 0 bridgehead atoms. The molecule has 1 aromatic heterocycles. The molecule has 2 aromatic rings. The second-order valence-corrected chi connectivity index (χ2v) is 3.89. The first-order chi connectivity index (χ1) is 8.25. The molecule has 1 N–H and O–H groups in total. The van der Waals surface area contributed by atoms with Gasteiger partial charge in [-0.05, 0) is 37.6 Å². The molecule has 0 amide bonds. The minimum atomic E-state index is -0.119. The Labute approximate surface area is 101 Å². The number of hydrogen-bond acceptors (Lipinski definition) is 3. The van der Waals surface area contributed by atoms with Crippen LogP contribution in [0.3, 0.4) is 0 Å². The van der Waals surface area contributed by atoms with E-state index in [-0.39, 0.29) is 6.23 Å². The fourth-order valence-corrected chi connectivity index (χ4v) is 1.56. The van der Waals surface area contributed by atoms with E-state index >= 15 is 0 Å². The fraction of sp³-hybridized carbons (Fsp3) is 0.214. The Morgan fingerprint density at radius 2 is 1.88 bits per heavy atom. The Balaban J connectivity index is 1.98. The summed E-state index contributed by atoms with van der Waals surface area (Å²) < 4.78 is 5.72. The maximum atomic E-state index is 5.72. The standard InChI is InChI=1S/C14H16N2O/c1-11-7-6-10-15-14(11)16-12(2)17-13-8-4-3-5-9-13/h3-10,12H,1-2H3,(H,15,16). The van der Waals surface area contributed by atoms with Gasteiger partial charge in [-0.3, -0.25) is 0 Å². The predicted molar refractivity (Wildman–Crippen MR) is 69.1 cm³/mol. The van der Waals surface area contributed by atoms with Crippen LogP contribution >= 0.6 is 0 Å². The van der Waals surface area contributed by atoms with E-state index in [1.165, 1.54) is 0 Å². The number of nitrogens with zero attached hydrogens (tertiary/aromatic N) is 1. The van der Waals surface area contributed by atoms with Crippen LogP contribution in [-0.2, 0) is 0 Å². The predicted octanol–water partition coefficient (Wildman–Crippen LogP) is 3.23. The molecular formula is C14H16N2O. The van der Waals surface area contributed by atoms with Crippen LogP contribution in [0.4, 0.5) is 5.82 Å². The highest BCUT2D eigenvalue weighted by molar-refractivity contribution is 5.43. The zero-order valence-corrected chi connectivity index (χ0v) is 10.1. The van der Waals surface area contributed by atoms with Crippen molar-refractivity contribution >= 4 is 5.82 Å². The van der Waals surface area contributed by atoms with Gasteiger partial charge in [-0.25, -0.2) is 4.98 Å². The minimum Gasteiger partial charge on any atom is -0.471 e. The molecule has 0 fully saturated rings. The van der Waals surface area contributed by atoms with Gasteiger partial charge in [0.1, 0.15) is 11.6 Å². The van der Waals surface area contributed by atoms with E-state index < -0.39 is 0 Å². The summed E-state index contributed by atoms with van der Waals surface area (Å²) in [5.41, 5.74) is 1.11. The number of ether oxygens (including phenoxy) is 1. The monoisotopic (exact) mass is 228 g/mol. The second kappa shape index (κ2) is 5.34. The van der Waals surface area contributed by atoms with E-state index in [0.717, 1.165) is 17.1 Å². The van der Waals surface area contributed by atoms with Crippen molar-refractivity contribution in [3.8, 4) is 5.75 Å². The Kier molecular flexibility index (Phi) is 3.60. The topological polar surface area (TPSA) is 34.2 Å². The van der Waals surface area contributed by atoms with Crippen LogP contribution in [0.1, 0.15) is 12.5 Å². The molecule has 3 heteroatoms. The summed E-state index contributed by atoms with van der Waals surface area (Å²) in [5.74, 6) is 1.71. The number of para-hydroxylation sites is 1. The van der Waals surface area contributed by atoms with Crippen molar-refractivity contribution in [1.29, 1.82) is 0 Å². The van der Waals surface area contributed by atoms with Crippen LogP contribution in [0.25, 0.3) is 0 Å². The normalized spacial score (nSPS) is 11.9. The van der Waals surface area contributed by atoms with E-state index in [9.17, 15) is 0 Å². The van der Waals surface area contributed by atoms with Gasteiger partial charge in [0.15, 0.2) is 6.23 Å². The largest absolute Gasteiger partial charge is 0.471 e. The van der Waals surface area contributed by atoms with Gasteiger partial charge >= 0.3 is 0 Å². The number of aryl methyl sites for hydroxylation is 1. The third-order valence-corrected chi connectivity index (χ3v) is 2.41. The van der Waals surface area contributed by atoms with Gasteiger partial charge in [0, 0.05) is 6.20 Å². The summed E-state index contributed by atoms with van der Waals surface area (Å²) in [4.78, 5) is 4.27. The third kappa shape index (κ3) is 3.21. The van der Waals surface area contributed by atoms with Crippen LogP contribution in [0, 0.1) is 6.92 Å². The molecule has 0 saturated carbocycles. The van der Waals surface area contributed by atoms with Gasteiger partial charge in [0.2, 0.25) is 0 Å². The highest BCUT2D eigenvalue weighted by atomic mass is 16.5. The average molecular weight is 228 g/mol. The van der Waals surface area contributed by atoms with Crippen LogP contribution < -0.4 is 10.1 Å². The Morgan fingerprint density at radius 1 is 1.12 bits per heavy atom. The minimum absolute atomic E-state index is 0.119. The zero-order valence-electron chi connectivity index (χ0n) is 10.1. The lowest BCUT2D eigenvalue weighted by atomic mass is 10.3. The number of anilines is 1. The molecule has 3 nitrogen and oxygen atoms in total. The van der Waals surface area contributed by atoms with Crippen molar-refractivity contribution < 1.29 is 4.74 Å². The summed E-state index contributed by atoms with van der Waals surface area (Å²) in [6, 6.07) is 13.7. The van der Waals surface area contributed by atoms with Gasteiger partial charge in [-0.2, -0.15) is 0 Å². The lowest BCUT2D eigenvalue weighted by molar-refractivity contribution is 0.250. The van der Waals surface area contributed by atoms with Crippen molar-refractivity contribution in [2.75, 3.05) is 5.32 Å². The molecule has 1 aromatic carbocycles. The van der Waals surface area contributed by atoms with Crippen LogP contribution in [0.5, 0.6) is 5.75 Å². The van der Waals surface area contributed by atoms with Crippen molar-refractivity contribution in [2.24, 2.45) is 0 Å². The first-order valence-electron chi connectivity index (χ1n) is 5.65. The first-order valence-corrected chi connectivity index (χ1v) is 5.65. The molecule has 0 radical (unpaired) electrons. The molecule has 0 aliphatic rings. The van der Waals surface area contributed by atoms with Crippen LogP contribution in [0.2, 0.25) is 0 Å². The molecule has 1 unspecified atom stereocenters. The number of rotatable bonds is 4. The molecule has 0 aliphatic heterocycles. The summed E-state index contributed by atoms with van der Waals surface area (Å²) in [6.07, 6.45) is 1.65. The lowest BCUT2D eigenvalue weighted by Gasteiger charge is -2.17. The number of hydrogen-bond donors (Lipinski definition) is 1. The van der Waals surface area contributed by atoms with Crippen molar-refractivity contribution in [3.05, 3.63) is 54.2 Å². The Hall–Kier alpha value is -2.03. The average Bonchev–Trinajstić information content (AvgIpc) is 2.33. The molecule has 1 atom stereocenters. The number of nitrogens with one attached hydrogen (secondary N) is 1. The maximum Gasteiger partial charge on any atom is 0.168 e. The van der Waals surface area contributed by atoms with Crippen LogP contribution in [-0.4, -0.2) is 11.2 Å². The first kappa shape index (κ1) is 11.5. The highest BCUT2D eigenvalue weighted by Crippen LogP contribution is 2.14. The smallest absolute Gasteiger partial charge is 0.168 e. The second-order valence-electron chi connectivity index (χ2n) is 3.89. The summed E-state index contributed by atoms with van der Waals surface area (Å²) >= 11 is 0. The summed E-state index contributed by atoms with van der Waals surface area (Å²) in [6.45, 7) is 3.98. The number of pyridine rings is 1. The molecule has 1 heterocycles. The molecule has 2 rings (SSSR count). The quantitative estimate of drug-likeness (QED) is 0.816. The van der Waals surface area contributed by atoms with Crippen molar-refractivity contribution in [3.63, 3.8) is 0 Å². The molecule has 88 valence electrons. The van der Waals surface area contributed by atoms with E-state index in [0.29, 0.717) is 0 Å². The number of benzene rings is 1. The Morgan fingerprint density at radius 3 is 2.59 bits per heavy atom. The van der Waals surface area contributed by atoms with Gasteiger partial charge in [0.05, 0.1) is 0 Å². The Bertz CT molecular complexity index is 471. The van der Waals surface area contributed by atoms with Crippen molar-refractivity contribution in [2.45, 2.75) is 20.1 Å². The molecule has 17 heavy (non-hydrogen) atoms. The van der Waals surface area contributed by atoms with Crippen molar-refractivity contribution in [1.82, 2.24) is 4.98 Å². The van der Waals surface area contributed by atoms with Gasteiger partial charge in [0.25, 0.3) is 0 Å². The maximum absolute atomic E-state index is 5.72. The fourth-order valence-electron chi connectivity index (χ4n) is 1.56. The van der Waals surface area contributed by atoms with Crippen LogP contribution in [0.15, 0.2) is 48.7 Å². The zero-order chi connectivity index (χ0) is 12.1. The SMILES string of the molecule is Cc1cccnc1NC(C)Oc1ccccc1. The van der Waals surface area contributed by atoms with Gasteiger partial charge < -0.3 is 10.1 Å². The highest BCUT2D eigenvalue weighted by Gasteiger charge is 2.05. The number of aromatic nitrogens is 1. The van der Waals surface area contributed by atoms with E-state index in [2.05, 4.69) is 10.3 Å². The molecule has 0 aliphatic carbocycles. The van der Waals surface area contributed by atoms with Gasteiger partial charge in [-0.15, -0.1) is 0 Å².